The number of aliphatic imine (C=N–C) groups is 1. The summed E-state index contributed by atoms with van der Waals surface area (Å²) < 4.78 is 5.08. The first-order valence-corrected chi connectivity index (χ1v) is 9.15. The molecule has 2 aromatic carbocycles. The van der Waals surface area contributed by atoms with E-state index in [0.717, 1.165) is 16.1 Å². The molecule has 0 atom stereocenters. The van der Waals surface area contributed by atoms with Crippen molar-refractivity contribution in [1.29, 1.82) is 0 Å². The average Bonchev–Trinajstić information content (AvgIpc) is 3.25. The number of guanidine groups is 1. The topological polar surface area (TPSA) is 78.7 Å². The zero-order chi connectivity index (χ0) is 19.8. The summed E-state index contributed by atoms with van der Waals surface area (Å²) in [7, 11) is 1.72. The van der Waals surface area contributed by atoms with E-state index in [1.165, 1.54) is 6.26 Å². The van der Waals surface area contributed by atoms with E-state index < -0.39 is 0 Å². The summed E-state index contributed by atoms with van der Waals surface area (Å²) in [5.74, 6) is 0.675. The van der Waals surface area contributed by atoms with Gasteiger partial charge in [-0.3, -0.25) is 9.79 Å². The summed E-state index contributed by atoms with van der Waals surface area (Å²) in [6, 6.07) is 18.5. The zero-order valence-electron chi connectivity index (χ0n) is 15.8. The first kappa shape index (κ1) is 22.8. The Hall–Kier alpha value is -2.52. The molecule has 0 radical (unpaired) electrons. The van der Waals surface area contributed by atoms with Crippen molar-refractivity contribution in [3.8, 4) is 0 Å². The van der Waals surface area contributed by atoms with Gasteiger partial charge in [0.15, 0.2) is 11.7 Å². The molecule has 3 N–H and O–H groups in total. The Labute approximate surface area is 191 Å². The number of nitrogens with zero attached hydrogens (tertiary/aromatic N) is 1. The predicted octanol–water partition coefficient (Wildman–Crippen LogP) is 4.67. The summed E-state index contributed by atoms with van der Waals surface area (Å²) in [6.45, 7) is 1.17. The quantitative estimate of drug-likeness (QED) is 0.249. The van der Waals surface area contributed by atoms with Gasteiger partial charge in [-0.1, -0.05) is 41.9 Å². The van der Waals surface area contributed by atoms with Crippen LogP contribution in [0.4, 0.5) is 5.69 Å². The SMILES string of the molecule is CN=C(NCc1ccc(NC(=O)c2ccco2)cc1)NCc1ccccc1Cl.I. The molecule has 0 aliphatic heterocycles. The van der Waals surface area contributed by atoms with Crippen LogP contribution in [0.25, 0.3) is 0 Å². The van der Waals surface area contributed by atoms with Crippen molar-refractivity contribution in [2.75, 3.05) is 12.4 Å². The molecule has 0 aliphatic carbocycles. The number of halogens is 2. The number of amides is 1. The van der Waals surface area contributed by atoms with Gasteiger partial charge in [0.1, 0.15) is 0 Å². The van der Waals surface area contributed by atoms with Gasteiger partial charge < -0.3 is 20.4 Å². The van der Waals surface area contributed by atoms with E-state index in [2.05, 4.69) is 20.9 Å². The molecule has 3 aromatic rings. The molecule has 0 spiro atoms. The van der Waals surface area contributed by atoms with Crippen molar-refractivity contribution in [3.05, 3.63) is 88.8 Å². The molecule has 1 aromatic heterocycles. The smallest absolute Gasteiger partial charge is 0.291 e. The van der Waals surface area contributed by atoms with Crippen molar-refractivity contribution >= 4 is 53.1 Å². The lowest BCUT2D eigenvalue weighted by atomic mass is 10.2. The number of hydrogen-bond donors (Lipinski definition) is 3. The molecule has 0 saturated carbocycles. The Bertz CT molecular complexity index is 944. The van der Waals surface area contributed by atoms with E-state index in [0.29, 0.717) is 24.7 Å². The van der Waals surface area contributed by atoms with E-state index in [4.69, 9.17) is 16.0 Å². The van der Waals surface area contributed by atoms with Gasteiger partial charge >= 0.3 is 0 Å². The van der Waals surface area contributed by atoms with Crippen molar-refractivity contribution in [2.24, 2.45) is 4.99 Å². The van der Waals surface area contributed by atoms with Crippen LogP contribution in [0.1, 0.15) is 21.7 Å². The number of anilines is 1. The lowest BCUT2D eigenvalue weighted by Gasteiger charge is -2.13. The molecule has 1 amide bonds. The molecule has 1 heterocycles. The van der Waals surface area contributed by atoms with Gasteiger partial charge in [-0.15, -0.1) is 24.0 Å². The van der Waals surface area contributed by atoms with Crippen LogP contribution < -0.4 is 16.0 Å². The van der Waals surface area contributed by atoms with Crippen LogP contribution in [0.2, 0.25) is 5.02 Å². The maximum absolute atomic E-state index is 12.0. The number of benzene rings is 2. The number of carbonyl (C=O) groups excluding carboxylic acids is 1. The highest BCUT2D eigenvalue weighted by Gasteiger charge is 2.08. The van der Waals surface area contributed by atoms with Crippen LogP contribution in [0.5, 0.6) is 0 Å². The van der Waals surface area contributed by atoms with E-state index in [1.54, 1.807) is 19.2 Å². The molecule has 8 heteroatoms. The van der Waals surface area contributed by atoms with Gasteiger partial charge in [0.05, 0.1) is 6.26 Å². The lowest BCUT2D eigenvalue weighted by Crippen LogP contribution is -2.36. The van der Waals surface area contributed by atoms with Gasteiger partial charge in [-0.25, -0.2) is 0 Å². The predicted molar refractivity (Wildman–Crippen MR) is 127 cm³/mol. The summed E-state index contributed by atoms with van der Waals surface area (Å²) in [6.07, 6.45) is 1.47. The van der Waals surface area contributed by atoms with E-state index in [9.17, 15) is 4.79 Å². The van der Waals surface area contributed by atoms with Crippen molar-refractivity contribution in [3.63, 3.8) is 0 Å². The highest BCUT2D eigenvalue weighted by Crippen LogP contribution is 2.14. The highest BCUT2D eigenvalue weighted by molar-refractivity contribution is 14.0. The van der Waals surface area contributed by atoms with Crippen LogP contribution in [0, 0.1) is 0 Å². The second-order valence-corrected chi connectivity index (χ2v) is 6.41. The van der Waals surface area contributed by atoms with Gasteiger partial charge in [-0.2, -0.15) is 0 Å². The average molecular weight is 525 g/mol. The Morgan fingerprint density at radius 2 is 1.72 bits per heavy atom. The minimum Gasteiger partial charge on any atom is -0.459 e. The van der Waals surface area contributed by atoms with Gasteiger partial charge in [0, 0.05) is 30.8 Å². The molecular weight excluding hydrogens is 503 g/mol. The molecule has 6 nitrogen and oxygen atoms in total. The fourth-order valence-electron chi connectivity index (χ4n) is 2.53. The molecule has 29 heavy (non-hydrogen) atoms. The molecule has 0 unspecified atom stereocenters. The molecular formula is C21H22ClIN4O2. The third kappa shape index (κ3) is 6.79. The Kier molecular flexibility index (Phi) is 9.01. The molecule has 0 bridgehead atoms. The standard InChI is InChI=1S/C21H21ClN4O2.HI/c1-23-21(25-14-16-5-2-3-6-18(16)22)24-13-15-8-10-17(11-9-15)26-20(27)19-7-4-12-28-19;/h2-12H,13-14H2,1H3,(H,26,27)(H2,23,24,25);1H. The third-order valence-corrected chi connectivity index (χ3v) is 4.41. The third-order valence-electron chi connectivity index (χ3n) is 4.04. The summed E-state index contributed by atoms with van der Waals surface area (Å²) >= 11 is 6.17. The molecule has 0 fully saturated rings. The Morgan fingerprint density at radius 3 is 2.38 bits per heavy atom. The van der Waals surface area contributed by atoms with E-state index in [1.807, 2.05) is 48.5 Å². The first-order valence-electron chi connectivity index (χ1n) is 8.77. The minimum atomic E-state index is -0.278. The Morgan fingerprint density at radius 1 is 1.00 bits per heavy atom. The van der Waals surface area contributed by atoms with Crippen LogP contribution in [-0.4, -0.2) is 18.9 Å². The number of carbonyl (C=O) groups is 1. The first-order chi connectivity index (χ1) is 13.7. The summed E-state index contributed by atoms with van der Waals surface area (Å²) in [5.41, 5.74) is 2.76. The van der Waals surface area contributed by atoms with E-state index in [-0.39, 0.29) is 35.6 Å². The van der Waals surface area contributed by atoms with Crippen molar-refractivity contribution in [1.82, 2.24) is 10.6 Å². The Balaban J connectivity index is 0.00000300. The maximum atomic E-state index is 12.0. The number of furan rings is 1. The summed E-state index contributed by atoms with van der Waals surface area (Å²) in [5, 5.41) is 10.00. The highest BCUT2D eigenvalue weighted by atomic mass is 127. The van der Waals surface area contributed by atoms with Crippen LogP contribution in [0.3, 0.4) is 0 Å². The maximum Gasteiger partial charge on any atom is 0.291 e. The van der Waals surface area contributed by atoms with E-state index >= 15 is 0 Å². The lowest BCUT2D eigenvalue weighted by molar-refractivity contribution is 0.0996. The molecule has 0 saturated heterocycles. The molecule has 0 aliphatic rings. The number of hydrogen-bond acceptors (Lipinski definition) is 3. The van der Waals surface area contributed by atoms with Gasteiger partial charge in [-0.05, 0) is 41.5 Å². The van der Waals surface area contributed by atoms with Gasteiger partial charge in [0.25, 0.3) is 5.91 Å². The van der Waals surface area contributed by atoms with Crippen LogP contribution >= 0.6 is 35.6 Å². The fraction of sp³-hybridized carbons (Fsp3) is 0.143. The molecule has 152 valence electrons. The van der Waals surface area contributed by atoms with Crippen molar-refractivity contribution < 1.29 is 9.21 Å². The normalized spacial score (nSPS) is 10.8. The second kappa shape index (κ2) is 11.5. The van der Waals surface area contributed by atoms with Crippen molar-refractivity contribution in [2.45, 2.75) is 13.1 Å². The number of nitrogens with one attached hydrogen (secondary N) is 3. The number of rotatable bonds is 6. The summed E-state index contributed by atoms with van der Waals surface area (Å²) in [4.78, 5) is 16.2. The molecule has 3 rings (SSSR count). The zero-order valence-corrected chi connectivity index (χ0v) is 18.9. The van der Waals surface area contributed by atoms with Crippen LogP contribution in [0.15, 0.2) is 76.3 Å². The second-order valence-electron chi connectivity index (χ2n) is 6.00. The minimum absolute atomic E-state index is 0. The monoisotopic (exact) mass is 524 g/mol. The van der Waals surface area contributed by atoms with Gasteiger partial charge in [0.2, 0.25) is 0 Å². The van der Waals surface area contributed by atoms with Crippen LogP contribution in [-0.2, 0) is 13.1 Å². The fourth-order valence-corrected chi connectivity index (χ4v) is 2.74. The largest absolute Gasteiger partial charge is 0.459 e.